The number of aliphatic hydroxyl groups excluding tert-OH is 1. The summed E-state index contributed by atoms with van der Waals surface area (Å²) < 4.78 is 0. The van der Waals surface area contributed by atoms with Crippen LogP contribution in [0.2, 0.25) is 0 Å². The molecule has 4 rings (SSSR count). The molecule has 2 atom stereocenters. The van der Waals surface area contributed by atoms with Crippen LogP contribution in [0.15, 0.2) is 24.3 Å². The first-order chi connectivity index (χ1) is 12.3. The summed E-state index contributed by atoms with van der Waals surface area (Å²) in [5.41, 5.74) is -0.0719. The van der Waals surface area contributed by atoms with Gasteiger partial charge in [0.25, 0.3) is 0 Å². The van der Waals surface area contributed by atoms with Gasteiger partial charge < -0.3 is 15.3 Å². The molecular formula is C20H16O6. The number of fused-ring (bicyclic) bond motifs is 3. The van der Waals surface area contributed by atoms with Crippen LogP contribution < -0.4 is 0 Å². The van der Waals surface area contributed by atoms with Gasteiger partial charge in [0, 0.05) is 28.2 Å². The van der Waals surface area contributed by atoms with E-state index in [1.165, 1.54) is 19.1 Å². The number of benzene rings is 2. The van der Waals surface area contributed by atoms with Gasteiger partial charge in [0.1, 0.15) is 17.3 Å². The lowest BCUT2D eigenvalue weighted by Gasteiger charge is -2.31. The van der Waals surface area contributed by atoms with Gasteiger partial charge in [-0.3, -0.25) is 14.4 Å². The van der Waals surface area contributed by atoms with E-state index in [2.05, 4.69) is 0 Å². The van der Waals surface area contributed by atoms with Crippen LogP contribution >= 0.6 is 0 Å². The molecule has 0 bridgehead atoms. The Bertz CT molecular complexity index is 1000. The standard InChI is InChI=1S/C20H16O6/c1-8(21)9-6-12-14(13(22)7-9)20(26)16-15(19(12)25)17(23)10-4-2-3-5-11(10)18(16)24/h2-5,9,13,22,25-26H,6-7H2,1H3/t9?,13-/m0/s1. The molecule has 6 heteroatoms. The van der Waals surface area contributed by atoms with Crippen LogP contribution in [-0.4, -0.2) is 32.7 Å². The summed E-state index contributed by atoms with van der Waals surface area (Å²) in [6.45, 7) is 1.39. The zero-order chi connectivity index (χ0) is 18.7. The summed E-state index contributed by atoms with van der Waals surface area (Å²) in [6.07, 6.45) is -1.02. The van der Waals surface area contributed by atoms with Crippen LogP contribution in [0.1, 0.15) is 62.4 Å². The van der Waals surface area contributed by atoms with Gasteiger partial charge >= 0.3 is 0 Å². The highest BCUT2D eigenvalue weighted by Crippen LogP contribution is 2.49. The molecule has 6 nitrogen and oxygen atoms in total. The Hall–Kier alpha value is -2.99. The van der Waals surface area contributed by atoms with Crippen LogP contribution in [0.4, 0.5) is 0 Å². The largest absolute Gasteiger partial charge is 0.507 e. The lowest BCUT2D eigenvalue weighted by molar-refractivity contribution is -0.122. The molecule has 26 heavy (non-hydrogen) atoms. The van der Waals surface area contributed by atoms with E-state index in [0.717, 1.165) is 0 Å². The monoisotopic (exact) mass is 352 g/mol. The zero-order valence-corrected chi connectivity index (χ0v) is 13.9. The van der Waals surface area contributed by atoms with Crippen molar-refractivity contribution in [2.45, 2.75) is 25.9 Å². The third-order valence-electron chi connectivity index (χ3n) is 5.33. The highest BCUT2D eigenvalue weighted by Gasteiger charge is 2.41. The number of aliphatic hydroxyl groups is 1. The summed E-state index contributed by atoms with van der Waals surface area (Å²) in [6, 6.07) is 6.19. The van der Waals surface area contributed by atoms with Crippen molar-refractivity contribution in [2.75, 3.05) is 0 Å². The molecule has 0 radical (unpaired) electrons. The minimum Gasteiger partial charge on any atom is -0.507 e. The van der Waals surface area contributed by atoms with Crippen LogP contribution in [0.3, 0.4) is 0 Å². The lowest BCUT2D eigenvalue weighted by Crippen LogP contribution is -2.27. The Morgan fingerprint density at radius 1 is 1.00 bits per heavy atom. The predicted molar refractivity (Wildman–Crippen MR) is 90.5 cm³/mol. The van der Waals surface area contributed by atoms with E-state index in [-0.39, 0.29) is 52.0 Å². The number of phenols is 2. The van der Waals surface area contributed by atoms with Crippen molar-refractivity contribution in [3.05, 3.63) is 57.6 Å². The Kier molecular flexibility index (Phi) is 3.49. The third-order valence-corrected chi connectivity index (χ3v) is 5.33. The molecule has 0 saturated carbocycles. The average Bonchev–Trinajstić information content (AvgIpc) is 2.62. The lowest BCUT2D eigenvalue weighted by atomic mass is 9.74. The van der Waals surface area contributed by atoms with Crippen molar-refractivity contribution in [3.63, 3.8) is 0 Å². The number of hydrogen-bond donors (Lipinski definition) is 3. The predicted octanol–water partition coefficient (Wildman–Crippen LogP) is 2.06. The maximum atomic E-state index is 12.9. The molecular weight excluding hydrogens is 336 g/mol. The van der Waals surface area contributed by atoms with Crippen LogP contribution in [0.25, 0.3) is 0 Å². The minimum atomic E-state index is -1.20. The van der Waals surface area contributed by atoms with Crippen molar-refractivity contribution in [2.24, 2.45) is 5.92 Å². The van der Waals surface area contributed by atoms with Gasteiger partial charge in [0.05, 0.1) is 17.2 Å². The smallest absolute Gasteiger partial charge is 0.198 e. The molecule has 2 aromatic rings. The van der Waals surface area contributed by atoms with Gasteiger partial charge in [-0.05, 0) is 19.8 Å². The van der Waals surface area contributed by atoms with Gasteiger partial charge in [-0.25, -0.2) is 0 Å². The van der Waals surface area contributed by atoms with Gasteiger partial charge in [0.2, 0.25) is 0 Å². The molecule has 1 unspecified atom stereocenters. The Morgan fingerprint density at radius 3 is 2.08 bits per heavy atom. The van der Waals surface area contributed by atoms with E-state index >= 15 is 0 Å². The first-order valence-corrected chi connectivity index (χ1v) is 8.30. The maximum Gasteiger partial charge on any atom is 0.198 e. The van der Waals surface area contributed by atoms with Crippen molar-refractivity contribution >= 4 is 17.3 Å². The normalized spacial score (nSPS) is 21.0. The van der Waals surface area contributed by atoms with Gasteiger partial charge in [-0.1, -0.05) is 24.3 Å². The summed E-state index contributed by atoms with van der Waals surface area (Å²) in [4.78, 5) is 37.4. The fourth-order valence-corrected chi connectivity index (χ4v) is 3.98. The van der Waals surface area contributed by atoms with E-state index in [9.17, 15) is 29.7 Å². The Morgan fingerprint density at radius 2 is 1.54 bits per heavy atom. The molecule has 0 aliphatic heterocycles. The summed E-state index contributed by atoms with van der Waals surface area (Å²) in [7, 11) is 0. The Balaban J connectivity index is 2.02. The molecule has 2 aliphatic carbocycles. The second-order valence-corrected chi connectivity index (χ2v) is 6.81. The summed E-state index contributed by atoms with van der Waals surface area (Å²) in [5, 5.41) is 31.8. The highest BCUT2D eigenvalue weighted by atomic mass is 16.3. The number of Topliss-reactive ketones (excluding diaryl/α,β-unsaturated/α-hetero) is 1. The number of aromatic hydroxyl groups is 2. The quantitative estimate of drug-likeness (QED) is 0.578. The van der Waals surface area contributed by atoms with E-state index in [0.29, 0.717) is 0 Å². The molecule has 132 valence electrons. The fraction of sp³-hybridized carbons (Fsp3) is 0.250. The fourth-order valence-electron chi connectivity index (χ4n) is 3.98. The highest BCUT2D eigenvalue weighted by molar-refractivity contribution is 6.30. The maximum absolute atomic E-state index is 12.9. The SMILES string of the molecule is CC(=O)C1Cc2c(O)c3c(c(O)c2[C@@H](O)C1)C(=O)c1ccccc1C3=O. The summed E-state index contributed by atoms with van der Waals surface area (Å²) >= 11 is 0. The zero-order valence-electron chi connectivity index (χ0n) is 13.9. The molecule has 0 spiro atoms. The van der Waals surface area contributed by atoms with Gasteiger partial charge in [-0.15, -0.1) is 0 Å². The molecule has 0 heterocycles. The van der Waals surface area contributed by atoms with Crippen LogP contribution in [-0.2, 0) is 11.2 Å². The molecule has 0 saturated heterocycles. The molecule has 3 N–H and O–H groups in total. The van der Waals surface area contributed by atoms with E-state index < -0.39 is 35.1 Å². The molecule has 2 aliphatic rings. The number of ketones is 3. The number of carbonyl (C=O) groups excluding carboxylic acids is 3. The first-order valence-electron chi connectivity index (χ1n) is 8.30. The van der Waals surface area contributed by atoms with Crippen LogP contribution in [0, 0.1) is 5.92 Å². The summed E-state index contributed by atoms with van der Waals surface area (Å²) in [5.74, 6) is -2.75. The van der Waals surface area contributed by atoms with E-state index in [1.807, 2.05) is 0 Å². The minimum absolute atomic E-state index is 0.0271. The average molecular weight is 352 g/mol. The van der Waals surface area contributed by atoms with Crippen molar-refractivity contribution in [1.29, 1.82) is 0 Å². The van der Waals surface area contributed by atoms with E-state index in [4.69, 9.17) is 0 Å². The second kappa shape index (κ2) is 5.51. The van der Waals surface area contributed by atoms with Gasteiger partial charge in [0.15, 0.2) is 11.6 Å². The van der Waals surface area contributed by atoms with Gasteiger partial charge in [-0.2, -0.15) is 0 Å². The third kappa shape index (κ3) is 2.05. The second-order valence-electron chi connectivity index (χ2n) is 6.81. The number of hydrogen-bond acceptors (Lipinski definition) is 6. The number of rotatable bonds is 1. The van der Waals surface area contributed by atoms with Crippen molar-refractivity contribution in [3.8, 4) is 11.5 Å². The van der Waals surface area contributed by atoms with Crippen molar-refractivity contribution in [1.82, 2.24) is 0 Å². The number of carbonyl (C=O) groups is 3. The Labute approximate surface area is 148 Å². The van der Waals surface area contributed by atoms with Crippen molar-refractivity contribution < 1.29 is 29.7 Å². The molecule has 2 aromatic carbocycles. The van der Waals surface area contributed by atoms with Crippen LogP contribution in [0.5, 0.6) is 11.5 Å². The molecule has 0 aromatic heterocycles. The molecule has 0 fully saturated rings. The topological polar surface area (TPSA) is 112 Å². The molecule has 0 amide bonds. The number of phenolic OH excluding ortho intramolecular Hbond substituents is 2. The van der Waals surface area contributed by atoms with E-state index in [1.54, 1.807) is 12.1 Å². The first kappa shape index (κ1) is 16.5.